The van der Waals surface area contributed by atoms with Gasteiger partial charge in [0.05, 0.1) is 6.61 Å². The van der Waals surface area contributed by atoms with Crippen LogP contribution in [0.2, 0.25) is 0 Å². The SMILES string of the molecule is CCCCCCCC/C=C\CCCOC(C)=O. The van der Waals surface area contributed by atoms with Crippen LogP contribution in [0.25, 0.3) is 0 Å². The maximum Gasteiger partial charge on any atom is 0.302 e. The molecule has 0 aliphatic heterocycles. The van der Waals surface area contributed by atoms with E-state index in [2.05, 4.69) is 19.1 Å². The summed E-state index contributed by atoms with van der Waals surface area (Å²) in [6.07, 6.45) is 15.8. The van der Waals surface area contributed by atoms with Gasteiger partial charge in [0.2, 0.25) is 0 Å². The van der Waals surface area contributed by atoms with Gasteiger partial charge in [-0.15, -0.1) is 0 Å². The number of hydrogen-bond donors (Lipinski definition) is 0. The molecule has 0 rings (SSSR count). The standard InChI is InChI=1S/C15H28O2/c1-3-4-5-6-7-8-9-10-11-12-13-14-17-15(2)16/h10-11H,3-9,12-14H2,1-2H3/b11-10-. The lowest BCUT2D eigenvalue weighted by molar-refractivity contribution is -0.141. The largest absolute Gasteiger partial charge is 0.466 e. The van der Waals surface area contributed by atoms with Crippen LogP contribution in [0.4, 0.5) is 0 Å². The van der Waals surface area contributed by atoms with Crippen molar-refractivity contribution in [2.45, 2.75) is 71.6 Å². The fourth-order valence-corrected chi connectivity index (χ4v) is 1.70. The van der Waals surface area contributed by atoms with Gasteiger partial charge in [0.25, 0.3) is 0 Å². The highest BCUT2D eigenvalue weighted by molar-refractivity contribution is 5.65. The number of allylic oxidation sites excluding steroid dienone is 2. The highest BCUT2D eigenvalue weighted by atomic mass is 16.5. The van der Waals surface area contributed by atoms with E-state index in [1.165, 1.54) is 51.9 Å². The van der Waals surface area contributed by atoms with Crippen molar-refractivity contribution in [2.75, 3.05) is 6.61 Å². The Morgan fingerprint density at radius 1 is 0.941 bits per heavy atom. The van der Waals surface area contributed by atoms with Crippen molar-refractivity contribution in [1.82, 2.24) is 0 Å². The fourth-order valence-electron chi connectivity index (χ4n) is 1.70. The zero-order chi connectivity index (χ0) is 12.8. The number of carbonyl (C=O) groups is 1. The molecule has 0 atom stereocenters. The molecule has 0 heterocycles. The van der Waals surface area contributed by atoms with Crippen molar-refractivity contribution in [1.29, 1.82) is 0 Å². The van der Waals surface area contributed by atoms with E-state index < -0.39 is 0 Å². The highest BCUT2D eigenvalue weighted by Crippen LogP contribution is 2.07. The molecule has 0 aliphatic carbocycles. The first-order valence-electron chi connectivity index (χ1n) is 7.05. The van der Waals surface area contributed by atoms with Gasteiger partial charge in [0, 0.05) is 6.92 Å². The Hall–Kier alpha value is -0.790. The molecule has 0 radical (unpaired) electrons. The van der Waals surface area contributed by atoms with Crippen LogP contribution in [-0.4, -0.2) is 12.6 Å². The zero-order valence-electron chi connectivity index (χ0n) is 11.5. The summed E-state index contributed by atoms with van der Waals surface area (Å²) >= 11 is 0. The molecule has 0 bridgehead atoms. The van der Waals surface area contributed by atoms with E-state index in [4.69, 9.17) is 4.74 Å². The first-order chi connectivity index (χ1) is 8.27. The monoisotopic (exact) mass is 240 g/mol. The normalized spacial score (nSPS) is 10.9. The zero-order valence-corrected chi connectivity index (χ0v) is 11.5. The fraction of sp³-hybridized carbons (Fsp3) is 0.800. The van der Waals surface area contributed by atoms with Gasteiger partial charge in [-0.2, -0.15) is 0 Å². The summed E-state index contributed by atoms with van der Waals surface area (Å²) in [5, 5.41) is 0. The summed E-state index contributed by atoms with van der Waals surface area (Å²) in [6, 6.07) is 0. The van der Waals surface area contributed by atoms with Crippen LogP contribution in [0, 0.1) is 0 Å². The van der Waals surface area contributed by atoms with Crippen molar-refractivity contribution in [3.63, 3.8) is 0 Å². The van der Waals surface area contributed by atoms with Gasteiger partial charge in [0.15, 0.2) is 0 Å². The van der Waals surface area contributed by atoms with E-state index >= 15 is 0 Å². The van der Waals surface area contributed by atoms with E-state index in [-0.39, 0.29) is 5.97 Å². The molecule has 0 spiro atoms. The maximum absolute atomic E-state index is 10.5. The van der Waals surface area contributed by atoms with Gasteiger partial charge < -0.3 is 4.74 Å². The Kier molecular flexibility index (Phi) is 12.7. The first-order valence-corrected chi connectivity index (χ1v) is 7.05. The number of carbonyl (C=O) groups excluding carboxylic acids is 1. The van der Waals surface area contributed by atoms with Crippen LogP contribution in [0.3, 0.4) is 0 Å². The Morgan fingerprint density at radius 3 is 2.18 bits per heavy atom. The minimum atomic E-state index is -0.180. The molecule has 0 unspecified atom stereocenters. The van der Waals surface area contributed by atoms with E-state index in [1.54, 1.807) is 0 Å². The van der Waals surface area contributed by atoms with Crippen LogP contribution in [-0.2, 0) is 9.53 Å². The predicted molar refractivity (Wildman–Crippen MR) is 73.0 cm³/mol. The summed E-state index contributed by atoms with van der Waals surface area (Å²) < 4.78 is 4.85. The first kappa shape index (κ1) is 16.2. The molecule has 17 heavy (non-hydrogen) atoms. The lowest BCUT2D eigenvalue weighted by Crippen LogP contribution is -1.99. The van der Waals surface area contributed by atoms with Gasteiger partial charge in [-0.05, 0) is 25.7 Å². The maximum atomic E-state index is 10.5. The Labute approximate surface area is 106 Å². The minimum Gasteiger partial charge on any atom is -0.466 e. The van der Waals surface area contributed by atoms with Gasteiger partial charge in [-0.1, -0.05) is 51.2 Å². The van der Waals surface area contributed by atoms with Crippen molar-refractivity contribution in [3.05, 3.63) is 12.2 Å². The Bertz CT molecular complexity index is 197. The third-order valence-corrected chi connectivity index (χ3v) is 2.71. The van der Waals surface area contributed by atoms with Crippen LogP contribution >= 0.6 is 0 Å². The molecule has 0 aliphatic rings. The van der Waals surface area contributed by atoms with Crippen molar-refractivity contribution < 1.29 is 9.53 Å². The number of unbranched alkanes of at least 4 members (excludes halogenated alkanes) is 7. The van der Waals surface area contributed by atoms with Crippen LogP contribution in [0.5, 0.6) is 0 Å². The van der Waals surface area contributed by atoms with Crippen molar-refractivity contribution >= 4 is 5.97 Å². The summed E-state index contributed by atoms with van der Waals surface area (Å²) in [4.78, 5) is 10.5. The van der Waals surface area contributed by atoms with E-state index in [0.29, 0.717) is 6.61 Å². The predicted octanol–water partition coefficient (Wildman–Crippen LogP) is 4.64. The second-order valence-electron chi connectivity index (χ2n) is 4.51. The van der Waals surface area contributed by atoms with Crippen LogP contribution in [0.15, 0.2) is 12.2 Å². The summed E-state index contributed by atoms with van der Waals surface area (Å²) in [6.45, 7) is 4.25. The van der Waals surface area contributed by atoms with E-state index in [9.17, 15) is 4.79 Å². The molecule has 100 valence electrons. The molecule has 0 aromatic heterocycles. The summed E-state index contributed by atoms with van der Waals surface area (Å²) in [7, 11) is 0. The third kappa shape index (κ3) is 15.2. The molecular formula is C15H28O2. The molecule has 0 saturated carbocycles. The molecule has 0 aromatic rings. The smallest absolute Gasteiger partial charge is 0.302 e. The molecule has 0 amide bonds. The quantitative estimate of drug-likeness (QED) is 0.299. The minimum absolute atomic E-state index is 0.180. The topological polar surface area (TPSA) is 26.3 Å². The van der Waals surface area contributed by atoms with Crippen molar-refractivity contribution in [3.8, 4) is 0 Å². The van der Waals surface area contributed by atoms with Gasteiger partial charge >= 0.3 is 5.97 Å². The molecule has 0 N–H and O–H groups in total. The third-order valence-electron chi connectivity index (χ3n) is 2.71. The van der Waals surface area contributed by atoms with Gasteiger partial charge in [-0.3, -0.25) is 4.79 Å². The molecule has 2 nitrogen and oxygen atoms in total. The lowest BCUT2D eigenvalue weighted by Gasteiger charge is -1.99. The summed E-state index contributed by atoms with van der Waals surface area (Å²) in [5.74, 6) is -0.180. The van der Waals surface area contributed by atoms with Gasteiger partial charge in [-0.25, -0.2) is 0 Å². The number of rotatable bonds is 11. The van der Waals surface area contributed by atoms with Crippen LogP contribution < -0.4 is 0 Å². The molecule has 0 saturated heterocycles. The summed E-state index contributed by atoms with van der Waals surface area (Å²) in [5.41, 5.74) is 0. The molecule has 0 fully saturated rings. The van der Waals surface area contributed by atoms with Crippen LogP contribution in [0.1, 0.15) is 71.6 Å². The second kappa shape index (κ2) is 13.3. The van der Waals surface area contributed by atoms with Crippen molar-refractivity contribution in [2.24, 2.45) is 0 Å². The van der Waals surface area contributed by atoms with Gasteiger partial charge in [0.1, 0.15) is 0 Å². The molecule has 0 aromatic carbocycles. The Balaban J connectivity index is 3.07. The highest BCUT2D eigenvalue weighted by Gasteiger charge is 1.90. The number of esters is 1. The average molecular weight is 240 g/mol. The number of hydrogen-bond acceptors (Lipinski definition) is 2. The second-order valence-corrected chi connectivity index (χ2v) is 4.51. The number of ether oxygens (including phenoxy) is 1. The van der Waals surface area contributed by atoms with E-state index in [0.717, 1.165) is 12.8 Å². The average Bonchev–Trinajstić information content (AvgIpc) is 2.30. The lowest BCUT2D eigenvalue weighted by atomic mass is 10.1. The molecule has 2 heteroatoms. The van der Waals surface area contributed by atoms with E-state index in [1.807, 2.05) is 0 Å². The Morgan fingerprint density at radius 2 is 1.53 bits per heavy atom. The molecular weight excluding hydrogens is 212 g/mol.